The number of carbonyl (C=O) groups is 1. The molecule has 0 spiro atoms. The van der Waals surface area contributed by atoms with Crippen LogP contribution in [0.1, 0.15) is 39.5 Å². The van der Waals surface area contributed by atoms with E-state index in [9.17, 15) is 13.2 Å². The van der Waals surface area contributed by atoms with E-state index in [0.717, 1.165) is 24.1 Å². The minimum absolute atomic E-state index is 0.0968. The van der Waals surface area contributed by atoms with E-state index in [1.165, 1.54) is 25.0 Å². The number of benzene rings is 1. The number of hydrogen-bond donors (Lipinski definition) is 1. The van der Waals surface area contributed by atoms with Crippen LogP contribution in [0, 0.1) is 11.8 Å². The molecule has 162 valence electrons. The van der Waals surface area contributed by atoms with Crippen LogP contribution < -0.4 is 5.14 Å². The molecule has 2 aromatic rings. The zero-order valence-corrected chi connectivity index (χ0v) is 18.7. The van der Waals surface area contributed by atoms with Crippen LogP contribution in [-0.4, -0.2) is 43.3 Å². The van der Waals surface area contributed by atoms with E-state index in [1.54, 1.807) is 12.1 Å². The van der Waals surface area contributed by atoms with E-state index in [2.05, 4.69) is 30.4 Å². The fourth-order valence-electron chi connectivity index (χ4n) is 4.88. The summed E-state index contributed by atoms with van der Waals surface area (Å²) in [6.45, 7) is 5.27. The molecule has 6 nitrogen and oxygen atoms in total. The van der Waals surface area contributed by atoms with Crippen molar-refractivity contribution in [3.63, 3.8) is 0 Å². The lowest BCUT2D eigenvalue weighted by molar-refractivity contribution is -0.135. The van der Waals surface area contributed by atoms with Gasteiger partial charge in [-0.1, -0.05) is 19.1 Å². The van der Waals surface area contributed by atoms with Gasteiger partial charge in [0.15, 0.2) is 5.78 Å². The number of likely N-dealkylation sites (tertiary alicyclic amines) is 1. The summed E-state index contributed by atoms with van der Waals surface area (Å²) in [6, 6.07) is 8.90. The lowest BCUT2D eigenvalue weighted by Crippen LogP contribution is -2.58. The normalized spacial score (nSPS) is 27.9. The summed E-state index contributed by atoms with van der Waals surface area (Å²) in [7, 11) is -1.58. The van der Waals surface area contributed by atoms with Crippen LogP contribution in [0.2, 0.25) is 0 Å². The van der Waals surface area contributed by atoms with E-state index >= 15 is 0 Å². The Kier molecular flexibility index (Phi) is 5.41. The summed E-state index contributed by atoms with van der Waals surface area (Å²) in [5.41, 5.74) is 1.33. The van der Waals surface area contributed by atoms with Crippen molar-refractivity contribution in [2.45, 2.75) is 56.0 Å². The third-order valence-corrected chi connectivity index (χ3v) is 7.99. The van der Waals surface area contributed by atoms with E-state index in [0.29, 0.717) is 24.2 Å². The third kappa shape index (κ3) is 3.86. The second-order valence-corrected chi connectivity index (χ2v) is 10.8. The number of hydrogen-bond acceptors (Lipinski definition) is 4. The molecule has 1 aliphatic carbocycles. The maximum atomic E-state index is 13.6. The van der Waals surface area contributed by atoms with Crippen molar-refractivity contribution in [3.8, 4) is 11.1 Å². The zero-order valence-electron chi connectivity index (χ0n) is 17.9. The van der Waals surface area contributed by atoms with Crippen molar-refractivity contribution in [1.82, 2.24) is 9.47 Å². The molecule has 1 aromatic carbocycles. The first-order valence-electron chi connectivity index (χ1n) is 10.7. The molecule has 0 amide bonds. The Morgan fingerprint density at radius 3 is 2.40 bits per heavy atom. The largest absolute Gasteiger partial charge is 0.340 e. The van der Waals surface area contributed by atoms with E-state index in [1.807, 2.05) is 18.5 Å². The van der Waals surface area contributed by atoms with Crippen LogP contribution in [0.5, 0.6) is 0 Å². The summed E-state index contributed by atoms with van der Waals surface area (Å²) >= 11 is 0. The molecule has 2 heterocycles. The molecule has 2 fully saturated rings. The molecule has 7 heteroatoms. The summed E-state index contributed by atoms with van der Waals surface area (Å²) in [5.74, 6) is 1.11. The third-order valence-electron chi connectivity index (χ3n) is 7.06. The van der Waals surface area contributed by atoms with Gasteiger partial charge in [0.05, 0.1) is 4.90 Å². The summed E-state index contributed by atoms with van der Waals surface area (Å²) in [4.78, 5) is 16.0. The van der Waals surface area contributed by atoms with Gasteiger partial charge < -0.3 is 9.47 Å². The molecule has 0 bridgehead atoms. The van der Waals surface area contributed by atoms with Crippen molar-refractivity contribution in [3.05, 3.63) is 42.7 Å². The lowest BCUT2D eigenvalue weighted by atomic mass is 9.71. The Morgan fingerprint density at radius 1 is 1.13 bits per heavy atom. The van der Waals surface area contributed by atoms with Gasteiger partial charge >= 0.3 is 0 Å². The molecule has 3 unspecified atom stereocenters. The van der Waals surface area contributed by atoms with Crippen LogP contribution in [-0.2, 0) is 20.4 Å². The van der Waals surface area contributed by atoms with Crippen molar-refractivity contribution in [2.75, 3.05) is 13.6 Å². The second kappa shape index (κ2) is 7.62. The number of ketones is 1. The Bertz CT molecular complexity index is 1040. The maximum Gasteiger partial charge on any atom is 0.238 e. The number of aromatic nitrogens is 1. The van der Waals surface area contributed by atoms with E-state index in [4.69, 9.17) is 5.14 Å². The molecule has 2 aliphatic rings. The topological polar surface area (TPSA) is 85.4 Å². The minimum atomic E-state index is -3.71. The quantitative estimate of drug-likeness (QED) is 0.764. The van der Waals surface area contributed by atoms with Gasteiger partial charge in [-0.05, 0) is 74.4 Å². The molecule has 1 saturated carbocycles. The molecule has 3 atom stereocenters. The Morgan fingerprint density at radius 2 is 1.80 bits per heavy atom. The van der Waals surface area contributed by atoms with Gasteiger partial charge in [-0.2, -0.15) is 0 Å². The molecule has 2 N–H and O–H groups in total. The zero-order chi connectivity index (χ0) is 21.7. The summed E-state index contributed by atoms with van der Waals surface area (Å²) in [5, 5.41) is 5.21. The molecule has 1 aromatic heterocycles. The number of nitrogens with zero attached hydrogens (tertiary/aromatic N) is 2. The minimum Gasteiger partial charge on any atom is -0.340 e. The van der Waals surface area contributed by atoms with Crippen LogP contribution in [0.3, 0.4) is 0 Å². The maximum absolute atomic E-state index is 13.6. The van der Waals surface area contributed by atoms with Gasteiger partial charge in [0.2, 0.25) is 10.0 Å². The number of carbonyl (C=O) groups excluding carboxylic acids is 1. The van der Waals surface area contributed by atoms with Gasteiger partial charge in [-0.15, -0.1) is 0 Å². The fraction of sp³-hybridized carbons (Fsp3) is 0.522. The van der Waals surface area contributed by atoms with Gasteiger partial charge in [-0.3, -0.25) is 4.79 Å². The first kappa shape index (κ1) is 21.3. The highest BCUT2D eigenvalue weighted by Crippen LogP contribution is 2.43. The molecular weight excluding hydrogens is 398 g/mol. The molecule has 0 radical (unpaired) electrons. The van der Waals surface area contributed by atoms with Crippen molar-refractivity contribution in [1.29, 1.82) is 0 Å². The molecule has 1 aliphatic heterocycles. The predicted molar refractivity (Wildman–Crippen MR) is 117 cm³/mol. The highest BCUT2D eigenvalue weighted by atomic mass is 32.2. The van der Waals surface area contributed by atoms with Crippen molar-refractivity contribution >= 4 is 15.8 Å². The van der Waals surface area contributed by atoms with Crippen LogP contribution >= 0.6 is 0 Å². The molecule has 1 saturated heterocycles. The number of rotatable bonds is 6. The summed E-state index contributed by atoms with van der Waals surface area (Å²) < 4.78 is 25.2. The number of piperidine rings is 1. The van der Waals surface area contributed by atoms with Gasteiger partial charge in [0.1, 0.15) is 5.54 Å². The second-order valence-electron chi connectivity index (χ2n) is 9.27. The Hall–Kier alpha value is -1.96. The smallest absolute Gasteiger partial charge is 0.238 e. The number of primary sulfonamides is 1. The van der Waals surface area contributed by atoms with Gasteiger partial charge in [-0.25, -0.2) is 13.6 Å². The fourth-order valence-corrected chi connectivity index (χ4v) is 5.39. The lowest BCUT2D eigenvalue weighted by Gasteiger charge is -2.49. The SMILES string of the molecule is CC1CC(C(=O)CC2CC2)(n2ccc(-c3ccc(S(N)(=O)=O)cc3)c2)C(C)CN1C. The number of nitrogens with two attached hydrogens (primary N) is 1. The van der Waals surface area contributed by atoms with Gasteiger partial charge in [0, 0.05) is 31.4 Å². The van der Waals surface area contributed by atoms with E-state index < -0.39 is 15.6 Å². The first-order chi connectivity index (χ1) is 14.1. The molecule has 30 heavy (non-hydrogen) atoms. The van der Waals surface area contributed by atoms with Crippen molar-refractivity contribution in [2.24, 2.45) is 17.0 Å². The standard InChI is InChI=1S/C23H31N3O3S/c1-16-14-25(3)17(2)13-23(16,22(27)12-18-4-5-18)26-11-10-20(15-26)19-6-8-21(9-7-19)30(24,28)29/h6-11,15-18H,4-5,12-14H2,1-3H3,(H2,24,28,29). The first-order valence-corrected chi connectivity index (χ1v) is 12.2. The Labute approximate surface area is 179 Å². The molecule has 4 rings (SSSR count). The van der Waals surface area contributed by atoms with Crippen molar-refractivity contribution < 1.29 is 13.2 Å². The average molecular weight is 430 g/mol. The highest BCUT2D eigenvalue weighted by Gasteiger charge is 2.50. The van der Waals surface area contributed by atoms with E-state index in [-0.39, 0.29) is 10.8 Å². The van der Waals surface area contributed by atoms with Crippen LogP contribution in [0.4, 0.5) is 0 Å². The van der Waals surface area contributed by atoms with Crippen LogP contribution in [0.25, 0.3) is 11.1 Å². The molecular formula is C23H31N3O3S. The Balaban J connectivity index is 1.70. The summed E-state index contributed by atoms with van der Waals surface area (Å²) in [6.07, 6.45) is 7.86. The van der Waals surface area contributed by atoms with Gasteiger partial charge in [0.25, 0.3) is 0 Å². The predicted octanol–water partition coefficient (Wildman–Crippen LogP) is 3.23. The number of Topliss-reactive ketones (excluding diaryl/α,β-unsaturated/α-hetero) is 1. The van der Waals surface area contributed by atoms with Crippen LogP contribution in [0.15, 0.2) is 47.6 Å². The number of sulfonamides is 1. The highest BCUT2D eigenvalue weighted by molar-refractivity contribution is 7.89. The monoisotopic (exact) mass is 429 g/mol. The average Bonchev–Trinajstić information content (AvgIpc) is 3.36.